The number of nitrogens with one attached hydrogen (secondary N) is 1. The first-order chi connectivity index (χ1) is 13.7. The lowest BCUT2D eigenvalue weighted by molar-refractivity contribution is 0.268. The van der Waals surface area contributed by atoms with Gasteiger partial charge in [-0.05, 0) is 18.2 Å². The number of methoxy groups -OCH3 is 1. The van der Waals surface area contributed by atoms with E-state index in [1.54, 1.807) is 11.7 Å². The van der Waals surface area contributed by atoms with Crippen LogP contribution in [-0.2, 0) is 0 Å². The molecule has 0 bridgehead atoms. The van der Waals surface area contributed by atoms with Crippen molar-refractivity contribution in [3.63, 3.8) is 0 Å². The minimum Gasteiger partial charge on any atom is -0.495 e. The first-order valence-corrected chi connectivity index (χ1v) is 9.02. The Morgan fingerprint density at radius 2 is 2.04 bits per heavy atom. The van der Waals surface area contributed by atoms with Crippen LogP contribution in [0.1, 0.15) is 5.56 Å². The Morgan fingerprint density at radius 1 is 1.21 bits per heavy atom. The predicted octanol–water partition coefficient (Wildman–Crippen LogP) is 0.197. The summed E-state index contributed by atoms with van der Waals surface area (Å²) in [5, 5.41) is 3.34. The summed E-state index contributed by atoms with van der Waals surface area (Å²) in [7, 11) is 1.60. The molecule has 1 aromatic carbocycles. The van der Waals surface area contributed by atoms with E-state index in [9.17, 15) is 0 Å². The summed E-state index contributed by atoms with van der Waals surface area (Å²) < 4.78 is 7.25. The lowest BCUT2D eigenvalue weighted by atomic mass is 10.1. The minimum absolute atomic E-state index is 0.210. The van der Waals surface area contributed by atoms with Crippen LogP contribution in [0.25, 0.3) is 17.2 Å². The van der Waals surface area contributed by atoms with Gasteiger partial charge in [0.1, 0.15) is 12.1 Å². The van der Waals surface area contributed by atoms with Crippen LogP contribution in [0.4, 0.5) is 11.8 Å². The maximum atomic E-state index is 6.11. The van der Waals surface area contributed by atoms with Crippen molar-refractivity contribution < 1.29 is 4.74 Å². The van der Waals surface area contributed by atoms with Crippen LogP contribution >= 0.6 is 0 Å². The third-order valence-corrected chi connectivity index (χ3v) is 4.66. The fourth-order valence-electron chi connectivity index (χ4n) is 3.24. The monoisotopic (exact) mass is 378 g/mol. The number of imidazole rings is 1. The topological polar surface area (TPSA) is 120 Å². The molecule has 0 aromatic heterocycles. The summed E-state index contributed by atoms with van der Waals surface area (Å²) in [6.45, 7) is 4.82. The maximum absolute atomic E-state index is 6.11. The molecule has 28 heavy (non-hydrogen) atoms. The zero-order valence-electron chi connectivity index (χ0n) is 15.6. The van der Waals surface area contributed by atoms with E-state index in [1.807, 2.05) is 18.2 Å². The number of fused-ring (bicyclic) bond motifs is 1. The number of aromatic nitrogens is 4. The molecule has 5 N–H and O–H groups in total. The molecule has 1 aromatic rings. The van der Waals surface area contributed by atoms with Crippen molar-refractivity contribution in [2.75, 3.05) is 51.3 Å². The van der Waals surface area contributed by atoms with Gasteiger partial charge in [0.05, 0.1) is 19.3 Å². The summed E-state index contributed by atoms with van der Waals surface area (Å²) in [4.78, 5) is 14.9. The molecule has 0 saturated carbocycles. The largest absolute Gasteiger partial charge is 0.495 e. The van der Waals surface area contributed by atoms with Gasteiger partial charge in [-0.3, -0.25) is 9.47 Å². The Morgan fingerprint density at radius 3 is 2.82 bits per heavy atom. The van der Waals surface area contributed by atoms with Crippen LogP contribution < -0.4 is 21.5 Å². The smallest absolute Gasteiger partial charge is 0.208 e. The van der Waals surface area contributed by atoms with E-state index in [4.69, 9.17) is 16.2 Å². The average Bonchev–Trinajstić information content (AvgIpc) is 3.19. The average molecular weight is 378 g/mol. The minimum atomic E-state index is 0.210. The second-order valence-corrected chi connectivity index (χ2v) is 6.45. The van der Waals surface area contributed by atoms with Crippen molar-refractivity contribution >= 4 is 11.8 Å². The lowest BCUT2D eigenvalue weighted by Crippen LogP contribution is -2.43. The van der Waals surface area contributed by atoms with Crippen LogP contribution in [-0.4, -0.2) is 64.3 Å². The van der Waals surface area contributed by atoms with Gasteiger partial charge in [-0.2, -0.15) is 4.98 Å². The number of nitrogen functional groups attached to an aromatic ring is 2. The fourth-order valence-corrected chi connectivity index (χ4v) is 3.24. The van der Waals surface area contributed by atoms with Gasteiger partial charge < -0.3 is 21.5 Å². The van der Waals surface area contributed by atoms with Crippen LogP contribution in [0, 0.1) is 11.8 Å². The molecule has 9 heteroatoms. The highest BCUT2D eigenvalue weighted by molar-refractivity contribution is 5.71. The normalized spacial score (nSPS) is 14.6. The van der Waals surface area contributed by atoms with Crippen molar-refractivity contribution in [1.82, 2.24) is 29.7 Å². The molecule has 1 fully saturated rings. The molecule has 144 valence electrons. The number of benzene rings is 1. The standard InChI is InChI=1S/C19H22N8O/c1-28-15-11-13(3-2-8-26-9-6-22-7-10-26)4-5-14(15)27-18-16(23-12-24-18)17(20)25-19(27)21/h4-5,11-12,22H,6-10,20H2,1H3,(H2,21,25). The van der Waals surface area contributed by atoms with Gasteiger partial charge >= 0.3 is 0 Å². The predicted molar refractivity (Wildman–Crippen MR) is 107 cm³/mol. The molecular formula is C19H22N8O. The molecule has 0 aliphatic carbocycles. The van der Waals surface area contributed by atoms with Gasteiger partial charge in [0, 0.05) is 31.7 Å². The molecule has 1 saturated heterocycles. The van der Waals surface area contributed by atoms with E-state index in [-0.39, 0.29) is 11.8 Å². The molecular weight excluding hydrogens is 356 g/mol. The molecule has 3 heterocycles. The van der Waals surface area contributed by atoms with Crippen molar-refractivity contribution in [1.29, 1.82) is 0 Å². The second-order valence-electron chi connectivity index (χ2n) is 6.45. The van der Waals surface area contributed by atoms with Crippen molar-refractivity contribution in [3.8, 4) is 34.8 Å². The first-order valence-electron chi connectivity index (χ1n) is 9.02. The van der Waals surface area contributed by atoms with Crippen LogP contribution in [0.3, 0.4) is 0 Å². The van der Waals surface area contributed by atoms with E-state index in [1.165, 1.54) is 6.33 Å². The molecule has 3 aliphatic rings. The van der Waals surface area contributed by atoms with E-state index >= 15 is 0 Å². The summed E-state index contributed by atoms with van der Waals surface area (Å²) in [5.41, 5.74) is 14.1. The number of nitrogens with two attached hydrogens (primary N) is 2. The number of rotatable bonds is 3. The number of nitrogens with zero attached hydrogens (tertiary/aromatic N) is 5. The molecule has 4 rings (SSSR count). The van der Waals surface area contributed by atoms with E-state index in [0.29, 0.717) is 23.0 Å². The highest BCUT2D eigenvalue weighted by atomic mass is 16.5. The van der Waals surface area contributed by atoms with Gasteiger partial charge in [-0.1, -0.05) is 11.8 Å². The summed E-state index contributed by atoms with van der Waals surface area (Å²) in [5.74, 6) is 8.04. The van der Waals surface area contributed by atoms with E-state index in [0.717, 1.165) is 38.3 Å². The number of piperazine rings is 1. The Labute approximate surface area is 163 Å². The van der Waals surface area contributed by atoms with Gasteiger partial charge in [0.15, 0.2) is 17.3 Å². The molecule has 0 radical (unpaired) electrons. The number of hydrogen-bond donors (Lipinski definition) is 3. The van der Waals surface area contributed by atoms with E-state index in [2.05, 4.69) is 37.0 Å². The van der Waals surface area contributed by atoms with Gasteiger partial charge in [0.25, 0.3) is 0 Å². The van der Waals surface area contributed by atoms with Crippen molar-refractivity contribution in [2.24, 2.45) is 0 Å². The van der Waals surface area contributed by atoms with Gasteiger partial charge in [0.2, 0.25) is 5.95 Å². The molecule has 0 spiro atoms. The highest BCUT2D eigenvalue weighted by Gasteiger charge is 2.21. The third-order valence-electron chi connectivity index (χ3n) is 4.66. The Balaban J connectivity index is 1.65. The molecule has 0 unspecified atom stereocenters. The quantitative estimate of drug-likeness (QED) is 0.553. The van der Waals surface area contributed by atoms with Crippen LogP contribution in [0.5, 0.6) is 5.75 Å². The molecule has 9 nitrogen and oxygen atoms in total. The van der Waals surface area contributed by atoms with E-state index < -0.39 is 0 Å². The molecule has 3 aliphatic heterocycles. The van der Waals surface area contributed by atoms with Gasteiger partial charge in [-0.15, -0.1) is 0 Å². The summed E-state index contributed by atoms with van der Waals surface area (Å²) >= 11 is 0. The summed E-state index contributed by atoms with van der Waals surface area (Å²) in [6, 6.07) is 5.69. The Hall–Kier alpha value is -3.35. The van der Waals surface area contributed by atoms with Gasteiger partial charge in [-0.25, -0.2) is 9.97 Å². The van der Waals surface area contributed by atoms with Crippen molar-refractivity contribution in [3.05, 3.63) is 30.1 Å². The lowest BCUT2D eigenvalue weighted by Gasteiger charge is -2.24. The van der Waals surface area contributed by atoms with Crippen molar-refractivity contribution in [2.45, 2.75) is 0 Å². The Bertz CT molecular complexity index is 1010. The number of anilines is 2. The summed E-state index contributed by atoms with van der Waals surface area (Å²) in [6.07, 6.45) is 1.43. The zero-order valence-corrected chi connectivity index (χ0v) is 15.6. The number of hydrogen-bond acceptors (Lipinski definition) is 8. The number of ether oxygens (including phenoxy) is 1. The zero-order chi connectivity index (χ0) is 19.5. The third kappa shape index (κ3) is 3.43. The van der Waals surface area contributed by atoms with Crippen LogP contribution in [0.2, 0.25) is 0 Å². The second kappa shape index (κ2) is 7.72. The SMILES string of the molecule is COc1cc(C#CCN2CCNCC2)ccc1-n1c(N)nc(N)c2ncnc1-2. The Kier molecular flexibility index (Phi) is 4.97. The maximum Gasteiger partial charge on any atom is 0.208 e. The molecule has 0 amide bonds. The first kappa shape index (κ1) is 18.0. The highest BCUT2D eigenvalue weighted by Crippen LogP contribution is 2.32. The molecule has 0 atom stereocenters. The fraction of sp³-hybridized carbons (Fsp3) is 0.316. The van der Waals surface area contributed by atoms with Crippen LogP contribution in [0.15, 0.2) is 24.5 Å².